The Bertz CT molecular complexity index is 2340. The molecule has 7 aromatic carbocycles. The minimum atomic E-state index is 0.629. The second kappa shape index (κ2) is 10.2. The molecule has 0 N–H and O–H groups in total. The zero-order valence-electron chi connectivity index (χ0n) is 24.2. The SMILES string of the molecule is c1ccc(-c2nc(-c3ccccc3)nc(-c3ccc4c5c(cccc35)-c3ccc(-c5ccc6ccccc6c5)cc3O4)n2)cc1. The Labute approximate surface area is 260 Å². The Kier molecular flexibility index (Phi) is 5.78. The first-order chi connectivity index (χ1) is 22.3. The van der Waals surface area contributed by atoms with Crippen molar-refractivity contribution in [3.05, 3.63) is 152 Å². The zero-order valence-corrected chi connectivity index (χ0v) is 24.2. The van der Waals surface area contributed by atoms with Gasteiger partial charge in [0.05, 0.1) is 0 Å². The first-order valence-electron chi connectivity index (χ1n) is 15.0. The molecule has 0 aliphatic carbocycles. The van der Waals surface area contributed by atoms with Crippen LogP contribution < -0.4 is 4.74 Å². The minimum Gasteiger partial charge on any atom is -0.456 e. The molecule has 0 spiro atoms. The third kappa shape index (κ3) is 4.35. The molecule has 8 aromatic rings. The fourth-order valence-corrected chi connectivity index (χ4v) is 6.30. The largest absolute Gasteiger partial charge is 0.456 e. The summed E-state index contributed by atoms with van der Waals surface area (Å²) >= 11 is 0. The maximum atomic E-state index is 6.62. The number of benzene rings is 7. The standard InChI is InChI=1S/C41H25N3O/c1-3-11-27(12-4-1)39-42-40(28-13-5-2-6-14-28)44-41(43-39)35-22-23-36-38-33(16-9-17-34(35)38)32-21-20-31(25-37(32)45-36)30-19-18-26-10-7-8-15-29(26)24-30/h1-25H. The van der Waals surface area contributed by atoms with Gasteiger partial charge in [0.25, 0.3) is 0 Å². The van der Waals surface area contributed by atoms with Gasteiger partial charge in [-0.05, 0) is 63.2 Å². The monoisotopic (exact) mass is 575 g/mol. The molecule has 1 aliphatic rings. The number of hydrogen-bond acceptors (Lipinski definition) is 4. The lowest BCUT2D eigenvalue weighted by atomic mass is 9.91. The second-order valence-corrected chi connectivity index (χ2v) is 11.3. The van der Waals surface area contributed by atoms with Crippen LogP contribution in [0.3, 0.4) is 0 Å². The summed E-state index contributed by atoms with van der Waals surface area (Å²) in [4.78, 5) is 14.9. The van der Waals surface area contributed by atoms with Crippen LogP contribution in [-0.4, -0.2) is 15.0 Å². The molecule has 0 amide bonds. The molecule has 1 aromatic heterocycles. The number of nitrogens with zero attached hydrogens (tertiary/aromatic N) is 3. The topological polar surface area (TPSA) is 47.9 Å². The van der Waals surface area contributed by atoms with Gasteiger partial charge in [0.1, 0.15) is 11.5 Å². The lowest BCUT2D eigenvalue weighted by Crippen LogP contribution is -2.02. The van der Waals surface area contributed by atoms with Crippen LogP contribution in [0.5, 0.6) is 11.5 Å². The van der Waals surface area contributed by atoms with Crippen LogP contribution in [0.4, 0.5) is 0 Å². The van der Waals surface area contributed by atoms with Gasteiger partial charge >= 0.3 is 0 Å². The molecule has 0 atom stereocenters. The van der Waals surface area contributed by atoms with Gasteiger partial charge in [-0.15, -0.1) is 0 Å². The van der Waals surface area contributed by atoms with E-state index in [1.54, 1.807) is 0 Å². The summed E-state index contributed by atoms with van der Waals surface area (Å²) in [5.41, 5.74) is 7.32. The minimum absolute atomic E-state index is 0.629. The van der Waals surface area contributed by atoms with Gasteiger partial charge in [-0.3, -0.25) is 0 Å². The van der Waals surface area contributed by atoms with E-state index in [1.165, 1.54) is 10.8 Å². The lowest BCUT2D eigenvalue weighted by Gasteiger charge is -2.23. The Hall–Kier alpha value is -6.13. The second-order valence-electron chi connectivity index (χ2n) is 11.3. The fourth-order valence-electron chi connectivity index (χ4n) is 6.30. The first kappa shape index (κ1) is 25.4. The van der Waals surface area contributed by atoms with E-state index in [4.69, 9.17) is 19.7 Å². The molecule has 0 fully saturated rings. The molecule has 0 saturated heterocycles. The molecule has 4 heteroatoms. The van der Waals surface area contributed by atoms with Crippen molar-refractivity contribution in [2.24, 2.45) is 0 Å². The van der Waals surface area contributed by atoms with Crippen LogP contribution in [-0.2, 0) is 0 Å². The third-order valence-corrected chi connectivity index (χ3v) is 8.52. The van der Waals surface area contributed by atoms with Gasteiger partial charge in [0, 0.05) is 27.6 Å². The number of ether oxygens (including phenoxy) is 1. The Morgan fingerprint density at radius 2 is 0.978 bits per heavy atom. The van der Waals surface area contributed by atoms with Crippen molar-refractivity contribution >= 4 is 21.5 Å². The average Bonchev–Trinajstić information content (AvgIpc) is 3.12. The van der Waals surface area contributed by atoms with Crippen LogP contribution in [0.1, 0.15) is 0 Å². The quantitative estimate of drug-likeness (QED) is 0.209. The highest BCUT2D eigenvalue weighted by Gasteiger charge is 2.23. The highest BCUT2D eigenvalue weighted by molar-refractivity contribution is 6.09. The van der Waals surface area contributed by atoms with Crippen LogP contribution in [0, 0.1) is 0 Å². The Balaban J connectivity index is 1.19. The summed E-state index contributed by atoms with van der Waals surface area (Å²) in [6.07, 6.45) is 0. The predicted molar refractivity (Wildman–Crippen MR) is 182 cm³/mol. The molecule has 0 bridgehead atoms. The maximum absolute atomic E-state index is 6.62. The highest BCUT2D eigenvalue weighted by atomic mass is 16.5. The van der Waals surface area contributed by atoms with E-state index in [2.05, 4.69) is 84.9 Å². The van der Waals surface area contributed by atoms with E-state index < -0.39 is 0 Å². The van der Waals surface area contributed by atoms with Crippen LogP contribution in [0.2, 0.25) is 0 Å². The van der Waals surface area contributed by atoms with Crippen molar-refractivity contribution in [1.82, 2.24) is 15.0 Å². The molecule has 0 saturated carbocycles. The predicted octanol–water partition coefficient (Wildman–Crippen LogP) is 10.6. The van der Waals surface area contributed by atoms with E-state index in [0.717, 1.165) is 61.2 Å². The fraction of sp³-hybridized carbons (Fsp3) is 0. The Morgan fingerprint density at radius 3 is 1.73 bits per heavy atom. The normalized spacial score (nSPS) is 11.7. The van der Waals surface area contributed by atoms with Crippen LogP contribution >= 0.6 is 0 Å². The average molecular weight is 576 g/mol. The molecular weight excluding hydrogens is 550 g/mol. The van der Waals surface area contributed by atoms with Crippen molar-refractivity contribution in [3.63, 3.8) is 0 Å². The molecule has 9 rings (SSSR count). The number of hydrogen-bond donors (Lipinski definition) is 0. The summed E-state index contributed by atoms with van der Waals surface area (Å²) in [5, 5.41) is 4.56. The van der Waals surface area contributed by atoms with Crippen LogP contribution in [0.15, 0.2) is 152 Å². The van der Waals surface area contributed by atoms with Gasteiger partial charge < -0.3 is 4.74 Å². The van der Waals surface area contributed by atoms with E-state index in [9.17, 15) is 0 Å². The van der Waals surface area contributed by atoms with Crippen molar-refractivity contribution < 1.29 is 4.74 Å². The van der Waals surface area contributed by atoms with Gasteiger partial charge in [0.2, 0.25) is 0 Å². The summed E-state index contributed by atoms with van der Waals surface area (Å²) in [6.45, 7) is 0. The smallest absolute Gasteiger partial charge is 0.164 e. The van der Waals surface area contributed by atoms with Crippen molar-refractivity contribution in [2.45, 2.75) is 0 Å². The molecule has 210 valence electrons. The highest BCUT2D eigenvalue weighted by Crippen LogP contribution is 2.49. The summed E-state index contributed by atoms with van der Waals surface area (Å²) < 4.78 is 6.62. The summed E-state index contributed by atoms with van der Waals surface area (Å²) in [5.74, 6) is 3.59. The van der Waals surface area contributed by atoms with Crippen molar-refractivity contribution in [1.29, 1.82) is 0 Å². The third-order valence-electron chi connectivity index (χ3n) is 8.52. The lowest BCUT2D eigenvalue weighted by molar-refractivity contribution is 0.487. The van der Waals surface area contributed by atoms with E-state index in [-0.39, 0.29) is 0 Å². The van der Waals surface area contributed by atoms with Gasteiger partial charge in [-0.25, -0.2) is 15.0 Å². The Morgan fingerprint density at radius 1 is 0.356 bits per heavy atom. The van der Waals surface area contributed by atoms with Gasteiger partial charge in [-0.2, -0.15) is 0 Å². The van der Waals surface area contributed by atoms with E-state index in [0.29, 0.717) is 17.5 Å². The van der Waals surface area contributed by atoms with Crippen molar-refractivity contribution in [2.75, 3.05) is 0 Å². The van der Waals surface area contributed by atoms with Gasteiger partial charge in [0.15, 0.2) is 17.5 Å². The number of rotatable bonds is 4. The molecule has 4 nitrogen and oxygen atoms in total. The summed E-state index contributed by atoms with van der Waals surface area (Å²) in [7, 11) is 0. The maximum Gasteiger partial charge on any atom is 0.164 e. The molecule has 2 heterocycles. The van der Waals surface area contributed by atoms with E-state index in [1.807, 2.05) is 66.7 Å². The van der Waals surface area contributed by atoms with Crippen LogP contribution in [0.25, 0.3) is 78.0 Å². The molecule has 0 radical (unpaired) electrons. The first-order valence-corrected chi connectivity index (χ1v) is 15.0. The molecule has 45 heavy (non-hydrogen) atoms. The molecule has 0 unspecified atom stereocenters. The number of fused-ring (bicyclic) bond motifs is 3. The zero-order chi connectivity index (χ0) is 29.7. The molecule has 1 aliphatic heterocycles. The number of aromatic nitrogens is 3. The summed E-state index contributed by atoms with van der Waals surface area (Å²) in [6, 6.07) is 52.2. The molecular formula is C41H25N3O. The van der Waals surface area contributed by atoms with Gasteiger partial charge in [-0.1, -0.05) is 121 Å². The van der Waals surface area contributed by atoms with E-state index >= 15 is 0 Å². The van der Waals surface area contributed by atoms with Crippen molar-refractivity contribution in [3.8, 4) is 67.9 Å².